The summed E-state index contributed by atoms with van der Waals surface area (Å²) in [7, 11) is -1.41. The Bertz CT molecular complexity index is 398. The highest BCUT2D eigenvalue weighted by atomic mass is 16.4. The minimum atomic E-state index is -1.41. The van der Waals surface area contributed by atoms with Crippen molar-refractivity contribution in [2.45, 2.75) is 52.4 Å². The van der Waals surface area contributed by atoms with E-state index in [2.05, 4.69) is 47.6 Å². The largest absolute Gasteiger partial charge is 0.488 e. The van der Waals surface area contributed by atoms with Crippen LogP contribution in [0, 0.1) is 0 Å². The van der Waals surface area contributed by atoms with Crippen LogP contribution in [0.25, 0.3) is 0 Å². The summed E-state index contributed by atoms with van der Waals surface area (Å²) in [4.78, 5) is 0. The molecule has 0 heterocycles. The molecule has 0 fully saturated rings. The molecule has 1 aromatic carbocycles. The molecule has 0 saturated heterocycles. The molecule has 3 heteroatoms. The Morgan fingerprint density at radius 3 is 1.76 bits per heavy atom. The van der Waals surface area contributed by atoms with Crippen LogP contribution in [0.4, 0.5) is 0 Å². The quantitative estimate of drug-likeness (QED) is 0.729. The molecule has 17 heavy (non-hydrogen) atoms. The second-order valence-electron chi connectivity index (χ2n) is 6.68. The highest BCUT2D eigenvalue weighted by molar-refractivity contribution is 6.59. The van der Waals surface area contributed by atoms with Crippen LogP contribution in [0.1, 0.15) is 52.7 Å². The number of rotatable bonds is 1. The van der Waals surface area contributed by atoms with Crippen LogP contribution in [0.3, 0.4) is 0 Å². The molecule has 0 radical (unpaired) electrons. The van der Waals surface area contributed by atoms with E-state index in [1.165, 1.54) is 0 Å². The van der Waals surface area contributed by atoms with Crippen molar-refractivity contribution in [2.24, 2.45) is 0 Å². The van der Waals surface area contributed by atoms with E-state index in [0.717, 1.165) is 11.1 Å². The highest BCUT2D eigenvalue weighted by Gasteiger charge is 2.26. The zero-order chi connectivity index (χ0) is 13.4. The summed E-state index contributed by atoms with van der Waals surface area (Å²) in [6.07, 6.45) is 0. The maximum atomic E-state index is 9.51. The van der Waals surface area contributed by atoms with Gasteiger partial charge in [0.1, 0.15) is 0 Å². The predicted octanol–water partition coefficient (Wildman–Crippen LogP) is 1.96. The van der Waals surface area contributed by atoms with Crippen molar-refractivity contribution in [3.8, 4) is 0 Å². The van der Waals surface area contributed by atoms with E-state index in [-0.39, 0.29) is 10.8 Å². The zero-order valence-corrected chi connectivity index (χ0v) is 11.7. The minimum absolute atomic E-state index is 0.0139. The van der Waals surface area contributed by atoms with Crippen LogP contribution in [-0.2, 0) is 10.8 Å². The van der Waals surface area contributed by atoms with Crippen LogP contribution >= 0.6 is 0 Å². The Kier molecular flexibility index (Phi) is 3.75. The molecule has 0 atom stereocenters. The van der Waals surface area contributed by atoms with E-state index in [9.17, 15) is 10.0 Å². The van der Waals surface area contributed by atoms with E-state index in [1.807, 2.05) is 12.1 Å². The van der Waals surface area contributed by atoms with Gasteiger partial charge in [0.2, 0.25) is 0 Å². The van der Waals surface area contributed by atoms with Gasteiger partial charge >= 0.3 is 7.12 Å². The molecule has 0 aromatic heterocycles. The van der Waals surface area contributed by atoms with E-state index in [0.29, 0.717) is 5.46 Å². The maximum Gasteiger partial charge on any atom is 0.488 e. The third kappa shape index (κ3) is 3.33. The molecular weight excluding hydrogens is 211 g/mol. The molecule has 0 aliphatic heterocycles. The van der Waals surface area contributed by atoms with Gasteiger partial charge in [-0.05, 0) is 27.4 Å². The Morgan fingerprint density at radius 1 is 0.882 bits per heavy atom. The lowest BCUT2D eigenvalue weighted by Crippen LogP contribution is -2.38. The van der Waals surface area contributed by atoms with Gasteiger partial charge in [0.15, 0.2) is 0 Å². The highest BCUT2D eigenvalue weighted by Crippen LogP contribution is 2.26. The van der Waals surface area contributed by atoms with Gasteiger partial charge in [0.25, 0.3) is 0 Å². The van der Waals surface area contributed by atoms with Gasteiger partial charge in [0, 0.05) is 0 Å². The van der Waals surface area contributed by atoms with Gasteiger partial charge in [-0.1, -0.05) is 59.7 Å². The monoisotopic (exact) mass is 234 g/mol. The second kappa shape index (κ2) is 4.47. The molecule has 0 aliphatic rings. The Labute approximate surface area is 105 Å². The van der Waals surface area contributed by atoms with Crippen molar-refractivity contribution in [1.82, 2.24) is 0 Å². The van der Waals surface area contributed by atoms with Crippen molar-refractivity contribution < 1.29 is 10.0 Å². The first-order valence-electron chi connectivity index (χ1n) is 6.04. The SMILES string of the molecule is CC(C)(C)c1ccc(C(C)(C)C)c(B(O)O)c1. The van der Waals surface area contributed by atoms with Gasteiger partial charge in [-0.25, -0.2) is 0 Å². The van der Waals surface area contributed by atoms with Crippen LogP contribution in [0.5, 0.6) is 0 Å². The molecule has 0 amide bonds. The van der Waals surface area contributed by atoms with Gasteiger partial charge in [-0.3, -0.25) is 0 Å². The topological polar surface area (TPSA) is 40.5 Å². The summed E-state index contributed by atoms with van der Waals surface area (Å²) in [5.41, 5.74) is 2.65. The van der Waals surface area contributed by atoms with E-state index in [4.69, 9.17) is 0 Å². The number of hydrogen-bond donors (Lipinski definition) is 2. The van der Waals surface area contributed by atoms with E-state index >= 15 is 0 Å². The average molecular weight is 234 g/mol. The lowest BCUT2D eigenvalue weighted by atomic mass is 9.68. The second-order valence-corrected chi connectivity index (χ2v) is 6.68. The van der Waals surface area contributed by atoms with Crippen LogP contribution < -0.4 is 5.46 Å². The number of hydrogen-bond acceptors (Lipinski definition) is 2. The fourth-order valence-electron chi connectivity index (χ4n) is 1.93. The summed E-state index contributed by atoms with van der Waals surface area (Å²) in [6.45, 7) is 12.6. The van der Waals surface area contributed by atoms with Crippen molar-refractivity contribution in [2.75, 3.05) is 0 Å². The third-order valence-corrected chi connectivity index (χ3v) is 3.00. The molecule has 0 unspecified atom stereocenters. The number of benzene rings is 1. The first kappa shape index (κ1) is 14.3. The molecule has 1 aromatic rings. The summed E-state index contributed by atoms with van der Waals surface area (Å²) < 4.78 is 0. The molecule has 94 valence electrons. The fourth-order valence-corrected chi connectivity index (χ4v) is 1.93. The normalized spacial score (nSPS) is 12.7. The summed E-state index contributed by atoms with van der Waals surface area (Å²) in [5.74, 6) is 0. The predicted molar refractivity (Wildman–Crippen MR) is 73.7 cm³/mol. The smallest absolute Gasteiger partial charge is 0.423 e. The van der Waals surface area contributed by atoms with Crippen molar-refractivity contribution in [3.05, 3.63) is 29.3 Å². The fraction of sp³-hybridized carbons (Fsp3) is 0.571. The molecule has 0 saturated carbocycles. The van der Waals surface area contributed by atoms with E-state index < -0.39 is 7.12 Å². The third-order valence-electron chi connectivity index (χ3n) is 3.00. The Morgan fingerprint density at radius 2 is 1.41 bits per heavy atom. The molecule has 2 N–H and O–H groups in total. The molecule has 2 nitrogen and oxygen atoms in total. The van der Waals surface area contributed by atoms with Gasteiger partial charge in [-0.15, -0.1) is 0 Å². The summed E-state index contributed by atoms with van der Waals surface area (Å²) in [6, 6.07) is 5.99. The lowest BCUT2D eigenvalue weighted by molar-refractivity contribution is 0.423. The van der Waals surface area contributed by atoms with Crippen molar-refractivity contribution >= 4 is 12.6 Å². The minimum Gasteiger partial charge on any atom is -0.423 e. The van der Waals surface area contributed by atoms with Crippen LogP contribution in [-0.4, -0.2) is 17.2 Å². The average Bonchev–Trinajstić information content (AvgIpc) is 2.14. The van der Waals surface area contributed by atoms with Gasteiger partial charge in [0.05, 0.1) is 0 Å². The molecular formula is C14H23BO2. The van der Waals surface area contributed by atoms with Crippen LogP contribution in [0.2, 0.25) is 0 Å². The first-order chi connectivity index (χ1) is 7.53. The van der Waals surface area contributed by atoms with Crippen molar-refractivity contribution in [3.63, 3.8) is 0 Å². The maximum absolute atomic E-state index is 9.51. The van der Waals surface area contributed by atoms with E-state index in [1.54, 1.807) is 0 Å². The molecule has 0 bridgehead atoms. The standard InChI is InChI=1S/C14H23BO2/c1-13(2,3)10-7-8-11(14(4,5)6)12(9-10)15(16)17/h7-9,16-17H,1-6H3. The lowest BCUT2D eigenvalue weighted by Gasteiger charge is -2.26. The zero-order valence-electron chi connectivity index (χ0n) is 11.7. The summed E-state index contributed by atoms with van der Waals surface area (Å²) in [5, 5.41) is 19.0. The molecule has 1 rings (SSSR count). The first-order valence-corrected chi connectivity index (χ1v) is 6.04. The van der Waals surface area contributed by atoms with Crippen LogP contribution in [0.15, 0.2) is 18.2 Å². The Hall–Kier alpha value is -0.795. The molecule has 0 spiro atoms. The molecule has 0 aliphatic carbocycles. The van der Waals surface area contributed by atoms with Gasteiger partial charge < -0.3 is 10.0 Å². The summed E-state index contributed by atoms with van der Waals surface area (Å²) >= 11 is 0. The van der Waals surface area contributed by atoms with Gasteiger partial charge in [-0.2, -0.15) is 0 Å². The Balaban J connectivity index is 3.38. The van der Waals surface area contributed by atoms with Crippen molar-refractivity contribution in [1.29, 1.82) is 0 Å².